The zero-order valence-corrected chi connectivity index (χ0v) is 20.8. The van der Waals surface area contributed by atoms with Crippen molar-refractivity contribution in [2.45, 2.75) is 115 Å². The lowest BCUT2D eigenvalue weighted by Crippen LogP contribution is -2.38. The van der Waals surface area contributed by atoms with E-state index in [2.05, 4.69) is 10.6 Å². The predicted molar refractivity (Wildman–Crippen MR) is 124 cm³/mol. The van der Waals surface area contributed by atoms with E-state index in [0.29, 0.717) is 0 Å². The Bertz CT molecular complexity index is 478. The van der Waals surface area contributed by atoms with Crippen LogP contribution < -0.4 is 22.1 Å². The maximum atomic E-state index is 11.3. The fraction of sp³-hybridized carbons (Fsp3) is 0.900. The molecule has 4 unspecified atom stereocenters. The number of halogens is 2. The summed E-state index contributed by atoms with van der Waals surface area (Å²) >= 11 is 0. The van der Waals surface area contributed by atoms with Crippen molar-refractivity contribution in [2.75, 3.05) is 0 Å². The second kappa shape index (κ2) is 13.5. The van der Waals surface area contributed by atoms with Gasteiger partial charge in [0.05, 0.1) is 0 Å². The molecule has 0 aromatic carbocycles. The Labute approximate surface area is 193 Å². The van der Waals surface area contributed by atoms with Gasteiger partial charge in [-0.2, -0.15) is 0 Å². The van der Waals surface area contributed by atoms with Crippen molar-refractivity contribution in [3.8, 4) is 0 Å². The Kier molecular flexibility index (Phi) is 14.0. The van der Waals surface area contributed by atoms with Crippen LogP contribution >= 0.6 is 24.8 Å². The van der Waals surface area contributed by atoms with Gasteiger partial charge >= 0.3 is 12.2 Å². The van der Waals surface area contributed by atoms with Crippen LogP contribution in [0.25, 0.3) is 0 Å². The summed E-state index contributed by atoms with van der Waals surface area (Å²) in [6.45, 7) is 11.1. The van der Waals surface area contributed by atoms with Crippen LogP contribution in [0, 0.1) is 0 Å². The van der Waals surface area contributed by atoms with Crippen LogP contribution in [0.15, 0.2) is 0 Å². The Morgan fingerprint density at radius 1 is 0.700 bits per heavy atom. The van der Waals surface area contributed by atoms with Crippen molar-refractivity contribution in [3.05, 3.63) is 0 Å². The second-order valence-corrected chi connectivity index (χ2v) is 9.83. The molecule has 2 aliphatic rings. The number of rotatable bonds is 2. The van der Waals surface area contributed by atoms with E-state index in [0.717, 1.165) is 38.5 Å². The van der Waals surface area contributed by atoms with Crippen molar-refractivity contribution in [3.63, 3.8) is 0 Å². The minimum Gasteiger partial charge on any atom is -0.444 e. The molecule has 0 radical (unpaired) electrons. The maximum Gasteiger partial charge on any atom is 0.407 e. The first-order valence-electron chi connectivity index (χ1n) is 10.2. The smallest absolute Gasteiger partial charge is 0.407 e. The third-order valence-electron chi connectivity index (χ3n) is 4.39. The minimum absolute atomic E-state index is 0. The van der Waals surface area contributed by atoms with Crippen molar-refractivity contribution >= 4 is 37.0 Å². The Hall–Kier alpha value is -0.960. The third kappa shape index (κ3) is 14.9. The van der Waals surface area contributed by atoms with E-state index < -0.39 is 11.2 Å². The molecule has 180 valence electrons. The van der Waals surface area contributed by atoms with Crippen LogP contribution in [0.2, 0.25) is 0 Å². The molecule has 0 aromatic heterocycles. The number of ether oxygens (including phenoxy) is 2. The van der Waals surface area contributed by atoms with Crippen LogP contribution in [0.4, 0.5) is 9.59 Å². The molecule has 0 saturated heterocycles. The highest BCUT2D eigenvalue weighted by atomic mass is 35.5. The van der Waals surface area contributed by atoms with E-state index in [1.54, 1.807) is 0 Å². The van der Waals surface area contributed by atoms with Crippen LogP contribution in [0.5, 0.6) is 0 Å². The summed E-state index contributed by atoms with van der Waals surface area (Å²) in [5.41, 5.74) is 10.6. The molecular formula is C20H42Cl2N4O4. The summed E-state index contributed by atoms with van der Waals surface area (Å²) < 4.78 is 10.3. The number of amides is 2. The number of carbonyl (C=O) groups excluding carboxylic acids is 2. The summed E-state index contributed by atoms with van der Waals surface area (Å²) in [6.07, 6.45) is 4.94. The second-order valence-electron chi connectivity index (χ2n) is 9.83. The molecule has 0 bridgehead atoms. The van der Waals surface area contributed by atoms with Crippen molar-refractivity contribution in [2.24, 2.45) is 11.5 Å². The summed E-state index contributed by atoms with van der Waals surface area (Å²) in [5.74, 6) is 0. The van der Waals surface area contributed by atoms with E-state index >= 15 is 0 Å². The molecule has 30 heavy (non-hydrogen) atoms. The molecule has 6 N–H and O–H groups in total. The standard InChI is InChI=1S/2C10H20N2O2.2ClH/c2*1-10(2,3)14-9(13)12-8-5-4-7(11)6-8;;/h2*7-8H,4-6,11H2,1-3H3,(H,12,13);2*1H. The number of hydrogen-bond acceptors (Lipinski definition) is 6. The first kappa shape index (κ1) is 31.2. The molecule has 0 spiro atoms. The predicted octanol–water partition coefficient (Wildman–Crippen LogP) is 3.63. The van der Waals surface area contributed by atoms with Crippen LogP contribution in [0.1, 0.15) is 80.1 Å². The molecule has 0 aliphatic heterocycles. The van der Waals surface area contributed by atoms with Gasteiger partial charge in [-0.1, -0.05) is 0 Å². The Morgan fingerprint density at radius 2 is 1.00 bits per heavy atom. The van der Waals surface area contributed by atoms with Gasteiger partial charge in [-0.3, -0.25) is 0 Å². The van der Waals surface area contributed by atoms with E-state index in [1.807, 2.05) is 41.5 Å². The fourth-order valence-electron chi connectivity index (χ4n) is 3.24. The summed E-state index contributed by atoms with van der Waals surface area (Å²) in [6, 6.07) is 0.851. The molecule has 2 rings (SSSR count). The van der Waals surface area contributed by atoms with E-state index in [1.165, 1.54) is 0 Å². The molecule has 2 amide bonds. The van der Waals surface area contributed by atoms with E-state index in [-0.39, 0.29) is 61.2 Å². The van der Waals surface area contributed by atoms with Gasteiger partial charge in [0.25, 0.3) is 0 Å². The topological polar surface area (TPSA) is 129 Å². The largest absolute Gasteiger partial charge is 0.444 e. The molecule has 0 heterocycles. The molecule has 2 fully saturated rings. The lowest BCUT2D eigenvalue weighted by molar-refractivity contribution is 0.0493. The molecule has 8 nitrogen and oxygen atoms in total. The Balaban J connectivity index is 0. The van der Waals surface area contributed by atoms with Gasteiger partial charge in [0.1, 0.15) is 11.2 Å². The fourth-order valence-corrected chi connectivity index (χ4v) is 3.24. The number of hydrogen-bond donors (Lipinski definition) is 4. The molecule has 10 heteroatoms. The molecule has 4 atom stereocenters. The first-order chi connectivity index (χ1) is 12.7. The lowest BCUT2D eigenvalue weighted by atomic mass is 10.2. The monoisotopic (exact) mass is 472 g/mol. The molecule has 2 aliphatic carbocycles. The quantitative estimate of drug-likeness (QED) is 0.485. The van der Waals surface area contributed by atoms with Crippen molar-refractivity contribution in [1.29, 1.82) is 0 Å². The average molecular weight is 473 g/mol. The zero-order valence-electron chi connectivity index (χ0n) is 19.2. The Morgan fingerprint density at radius 3 is 1.20 bits per heavy atom. The normalized spacial score (nSPS) is 25.6. The highest BCUT2D eigenvalue weighted by Crippen LogP contribution is 2.18. The lowest BCUT2D eigenvalue weighted by Gasteiger charge is -2.21. The summed E-state index contributed by atoms with van der Waals surface area (Å²) in [5, 5.41) is 5.65. The van der Waals surface area contributed by atoms with Gasteiger partial charge in [0, 0.05) is 24.2 Å². The summed E-state index contributed by atoms with van der Waals surface area (Å²) in [7, 11) is 0. The van der Waals surface area contributed by atoms with Crippen molar-refractivity contribution in [1.82, 2.24) is 10.6 Å². The third-order valence-corrected chi connectivity index (χ3v) is 4.39. The van der Waals surface area contributed by atoms with Gasteiger partial charge < -0.3 is 31.6 Å². The SMILES string of the molecule is CC(C)(C)OC(=O)NC1CCC(N)C1.CC(C)(C)OC(=O)NC1CCC(N)C1.Cl.Cl. The van der Waals surface area contributed by atoms with Crippen LogP contribution in [-0.2, 0) is 9.47 Å². The maximum absolute atomic E-state index is 11.3. The number of nitrogens with two attached hydrogens (primary N) is 2. The van der Waals surface area contributed by atoms with Crippen LogP contribution in [-0.4, -0.2) is 47.6 Å². The van der Waals surface area contributed by atoms with Gasteiger partial charge in [0.15, 0.2) is 0 Å². The average Bonchev–Trinajstić information content (AvgIpc) is 3.04. The minimum atomic E-state index is -0.426. The molecule has 2 saturated carbocycles. The summed E-state index contributed by atoms with van der Waals surface area (Å²) in [4.78, 5) is 22.7. The number of nitrogens with one attached hydrogen (secondary N) is 2. The van der Waals surface area contributed by atoms with E-state index in [4.69, 9.17) is 20.9 Å². The highest BCUT2D eigenvalue weighted by Gasteiger charge is 2.26. The van der Waals surface area contributed by atoms with Crippen molar-refractivity contribution < 1.29 is 19.1 Å². The van der Waals surface area contributed by atoms with Gasteiger partial charge in [-0.15, -0.1) is 24.8 Å². The van der Waals surface area contributed by atoms with Gasteiger partial charge in [0.2, 0.25) is 0 Å². The van der Waals surface area contributed by atoms with Crippen LogP contribution in [0.3, 0.4) is 0 Å². The van der Waals surface area contributed by atoms with E-state index in [9.17, 15) is 9.59 Å². The first-order valence-corrected chi connectivity index (χ1v) is 10.2. The number of carbonyl (C=O) groups is 2. The van der Waals surface area contributed by atoms with Gasteiger partial charge in [-0.05, 0) is 80.1 Å². The molecule has 0 aromatic rings. The molecular weight excluding hydrogens is 431 g/mol. The number of alkyl carbamates (subject to hydrolysis) is 2. The highest BCUT2D eigenvalue weighted by molar-refractivity contribution is 5.85. The van der Waals surface area contributed by atoms with Gasteiger partial charge in [-0.25, -0.2) is 9.59 Å². The zero-order chi connectivity index (χ0) is 21.5.